The average Bonchev–Trinajstić information content (AvgIpc) is 3.76. The molecule has 2 aromatic rings. The third-order valence-electron chi connectivity index (χ3n) is 9.26. The Labute approximate surface area is 269 Å². The number of carbonyl (C=O) groups excluding carboxylic acids is 2. The Morgan fingerprint density at radius 2 is 1.53 bits per heavy atom. The zero-order chi connectivity index (χ0) is 33.1. The smallest absolute Gasteiger partial charge is 0.409 e. The normalized spacial score (nSPS) is 19.1. The Bertz CT molecular complexity index is 1500. The number of rotatable bonds is 11. The molecule has 2 unspecified atom stereocenters. The van der Waals surface area contributed by atoms with Crippen LogP contribution in [0.15, 0.2) is 41.3 Å². The van der Waals surface area contributed by atoms with E-state index in [-0.39, 0.29) is 47.3 Å². The molecule has 1 saturated heterocycles. The van der Waals surface area contributed by atoms with Crippen LogP contribution in [0.3, 0.4) is 0 Å². The molecule has 2 fully saturated rings. The molecule has 0 bridgehead atoms. The molecule has 1 aliphatic heterocycles. The van der Waals surface area contributed by atoms with E-state index < -0.39 is 15.8 Å². The SMILES string of the molecule is CCOC(=O)N1CCN(C(=O)C(Cc2cccc(C#N)c2)C2C[C@@H]2CS(=O)(=O)c2c(C(C)C)cc(C(C)C)cc2C(C)C)CC1. The van der Waals surface area contributed by atoms with Gasteiger partial charge in [0, 0.05) is 32.1 Å². The summed E-state index contributed by atoms with van der Waals surface area (Å²) >= 11 is 0. The highest BCUT2D eigenvalue weighted by Crippen LogP contribution is 2.49. The summed E-state index contributed by atoms with van der Waals surface area (Å²) in [7, 11) is -3.64. The first-order valence-corrected chi connectivity index (χ1v) is 18.0. The van der Waals surface area contributed by atoms with Gasteiger partial charge in [-0.15, -0.1) is 0 Å². The molecule has 45 heavy (non-hydrogen) atoms. The van der Waals surface area contributed by atoms with Crippen molar-refractivity contribution in [3.63, 3.8) is 0 Å². The summed E-state index contributed by atoms with van der Waals surface area (Å²) in [6.45, 7) is 16.1. The average molecular weight is 636 g/mol. The largest absolute Gasteiger partial charge is 0.450 e. The third-order valence-corrected chi connectivity index (χ3v) is 11.2. The van der Waals surface area contributed by atoms with Crippen LogP contribution in [0.5, 0.6) is 0 Å². The molecule has 3 atom stereocenters. The number of benzene rings is 2. The van der Waals surface area contributed by atoms with Gasteiger partial charge in [-0.25, -0.2) is 13.2 Å². The number of sulfone groups is 1. The summed E-state index contributed by atoms with van der Waals surface area (Å²) < 4.78 is 33.7. The van der Waals surface area contributed by atoms with Gasteiger partial charge in [-0.1, -0.05) is 65.8 Å². The Morgan fingerprint density at radius 1 is 0.933 bits per heavy atom. The second-order valence-electron chi connectivity index (χ2n) is 13.6. The lowest BCUT2D eigenvalue weighted by Gasteiger charge is -2.36. The van der Waals surface area contributed by atoms with Crippen molar-refractivity contribution in [2.75, 3.05) is 38.5 Å². The fraction of sp³-hybridized carbons (Fsp3) is 0.583. The summed E-state index contributed by atoms with van der Waals surface area (Å²) in [5.74, 6) is -0.239. The van der Waals surface area contributed by atoms with Gasteiger partial charge in [0.2, 0.25) is 5.91 Å². The fourth-order valence-electron chi connectivity index (χ4n) is 6.57. The zero-order valence-corrected chi connectivity index (χ0v) is 28.7. The van der Waals surface area contributed by atoms with E-state index in [0.29, 0.717) is 56.1 Å². The van der Waals surface area contributed by atoms with Gasteiger partial charge in [-0.2, -0.15) is 5.26 Å². The number of amides is 2. The second-order valence-corrected chi connectivity index (χ2v) is 15.5. The van der Waals surface area contributed by atoms with Gasteiger partial charge in [0.25, 0.3) is 0 Å². The van der Waals surface area contributed by atoms with Crippen molar-refractivity contribution in [2.45, 2.75) is 84.0 Å². The van der Waals surface area contributed by atoms with Gasteiger partial charge in [0.05, 0.1) is 28.9 Å². The number of nitrogens with zero attached hydrogens (tertiary/aromatic N) is 3. The molecule has 0 radical (unpaired) electrons. The van der Waals surface area contributed by atoms with E-state index >= 15 is 0 Å². The van der Waals surface area contributed by atoms with Gasteiger partial charge in [-0.05, 0) is 83.7 Å². The Morgan fingerprint density at radius 3 is 2.07 bits per heavy atom. The molecule has 2 aromatic carbocycles. The minimum absolute atomic E-state index is 0.0107. The van der Waals surface area contributed by atoms with Crippen LogP contribution < -0.4 is 0 Å². The van der Waals surface area contributed by atoms with Crippen molar-refractivity contribution in [2.24, 2.45) is 17.8 Å². The summed E-state index contributed by atoms with van der Waals surface area (Å²) in [5, 5.41) is 9.45. The van der Waals surface area contributed by atoms with Gasteiger partial charge < -0.3 is 14.5 Å². The van der Waals surface area contributed by atoms with Crippen LogP contribution >= 0.6 is 0 Å². The van der Waals surface area contributed by atoms with Crippen LogP contribution in [0.2, 0.25) is 0 Å². The Balaban J connectivity index is 1.60. The van der Waals surface area contributed by atoms with Gasteiger partial charge >= 0.3 is 6.09 Å². The summed E-state index contributed by atoms with van der Waals surface area (Å²) in [6.07, 6.45) is 0.726. The number of hydrogen-bond donors (Lipinski definition) is 0. The molecule has 4 rings (SSSR count). The maximum Gasteiger partial charge on any atom is 0.409 e. The highest BCUT2D eigenvalue weighted by molar-refractivity contribution is 7.91. The third kappa shape index (κ3) is 8.07. The Hall–Kier alpha value is -3.38. The lowest BCUT2D eigenvalue weighted by molar-refractivity contribution is -0.138. The van der Waals surface area contributed by atoms with E-state index in [0.717, 1.165) is 22.3 Å². The van der Waals surface area contributed by atoms with Crippen LogP contribution in [-0.2, 0) is 25.8 Å². The topological polar surface area (TPSA) is 108 Å². The molecule has 8 nitrogen and oxygen atoms in total. The van der Waals surface area contributed by atoms with Crippen LogP contribution in [0.1, 0.15) is 100 Å². The molecule has 1 heterocycles. The van der Waals surface area contributed by atoms with Crippen molar-refractivity contribution in [1.82, 2.24) is 9.80 Å². The lowest BCUT2D eigenvalue weighted by atomic mass is 9.89. The maximum absolute atomic E-state index is 14.3. The van der Waals surface area contributed by atoms with Crippen LogP contribution in [0, 0.1) is 29.1 Å². The molecule has 0 spiro atoms. The molecule has 0 N–H and O–H groups in total. The van der Waals surface area contributed by atoms with Crippen LogP contribution in [0.4, 0.5) is 4.79 Å². The molecule has 2 aliphatic rings. The van der Waals surface area contributed by atoms with Crippen molar-refractivity contribution < 1.29 is 22.7 Å². The summed E-state index contributed by atoms with van der Waals surface area (Å²) in [5.41, 5.74) is 4.33. The monoisotopic (exact) mass is 635 g/mol. The Kier molecular flexibility index (Phi) is 11.0. The maximum atomic E-state index is 14.3. The first-order valence-electron chi connectivity index (χ1n) is 16.4. The van der Waals surface area contributed by atoms with Crippen LogP contribution in [0.25, 0.3) is 0 Å². The standard InChI is InChI=1S/C36H49N3O5S/c1-8-44-36(41)39-14-12-38(13-15-39)35(40)33(17-26-10-9-11-27(16-26)21-37)32-20-29(32)22-45(42,43)34-30(24(4)5)18-28(23(2)3)19-31(34)25(6)7/h9-11,16,18-19,23-25,29,32-33H,8,12-15,17,20,22H2,1-7H3/t29-,32?,33?/m1/s1. The molecule has 0 aromatic heterocycles. The highest BCUT2D eigenvalue weighted by atomic mass is 32.2. The number of ether oxygens (including phenoxy) is 1. The first kappa shape index (κ1) is 34.5. The first-order chi connectivity index (χ1) is 21.3. The molecule has 244 valence electrons. The molecule has 1 aliphatic carbocycles. The van der Waals surface area contributed by atoms with Crippen molar-refractivity contribution >= 4 is 21.8 Å². The summed E-state index contributed by atoms with van der Waals surface area (Å²) in [6, 6.07) is 13.6. The minimum atomic E-state index is -3.64. The highest BCUT2D eigenvalue weighted by Gasteiger charge is 2.49. The molecular weight excluding hydrogens is 586 g/mol. The molecule has 2 amide bonds. The molecular formula is C36H49N3O5S. The second kappa shape index (κ2) is 14.4. The van der Waals surface area contributed by atoms with E-state index in [4.69, 9.17) is 4.74 Å². The predicted octanol–water partition coefficient (Wildman–Crippen LogP) is 6.50. The number of piperazine rings is 1. The van der Waals surface area contributed by atoms with Crippen LogP contribution in [-0.4, -0.2) is 68.8 Å². The van der Waals surface area contributed by atoms with E-state index in [9.17, 15) is 23.3 Å². The minimum Gasteiger partial charge on any atom is -0.450 e. The molecule has 9 heteroatoms. The van der Waals surface area contributed by atoms with E-state index in [1.807, 2.05) is 45.9 Å². The van der Waals surface area contributed by atoms with Crippen molar-refractivity contribution in [3.05, 3.63) is 64.2 Å². The van der Waals surface area contributed by atoms with Gasteiger partial charge in [-0.3, -0.25) is 4.79 Å². The van der Waals surface area contributed by atoms with Gasteiger partial charge in [0.1, 0.15) is 0 Å². The molecule has 1 saturated carbocycles. The summed E-state index contributed by atoms with van der Waals surface area (Å²) in [4.78, 5) is 30.2. The zero-order valence-electron chi connectivity index (χ0n) is 27.9. The van der Waals surface area contributed by atoms with E-state index in [1.54, 1.807) is 22.8 Å². The number of hydrogen-bond acceptors (Lipinski definition) is 6. The van der Waals surface area contributed by atoms with E-state index in [1.165, 1.54) is 0 Å². The van der Waals surface area contributed by atoms with Crippen molar-refractivity contribution in [1.29, 1.82) is 5.26 Å². The van der Waals surface area contributed by atoms with Gasteiger partial charge in [0.15, 0.2) is 9.84 Å². The number of carbonyl (C=O) groups is 2. The fourth-order valence-corrected chi connectivity index (χ4v) is 8.99. The quantitative estimate of drug-likeness (QED) is 0.279. The lowest BCUT2D eigenvalue weighted by Crippen LogP contribution is -2.52. The number of nitriles is 1. The van der Waals surface area contributed by atoms with E-state index in [2.05, 4.69) is 32.0 Å². The van der Waals surface area contributed by atoms with Crippen molar-refractivity contribution in [3.8, 4) is 6.07 Å². The predicted molar refractivity (Wildman–Crippen MR) is 176 cm³/mol.